The van der Waals surface area contributed by atoms with Crippen molar-refractivity contribution in [1.82, 2.24) is 24.7 Å². The van der Waals surface area contributed by atoms with Crippen molar-refractivity contribution in [3.8, 4) is 0 Å². The van der Waals surface area contributed by atoms with Crippen LogP contribution in [-0.4, -0.2) is 76.5 Å². The molecule has 158 valence electrons. The maximum atomic E-state index is 4.60. The van der Waals surface area contributed by atoms with E-state index >= 15 is 0 Å². The second-order valence-corrected chi connectivity index (χ2v) is 9.55. The van der Waals surface area contributed by atoms with E-state index in [1.807, 2.05) is 6.33 Å². The van der Waals surface area contributed by atoms with Gasteiger partial charge in [0.15, 0.2) is 0 Å². The summed E-state index contributed by atoms with van der Waals surface area (Å²) in [4.78, 5) is 16.1. The van der Waals surface area contributed by atoms with Crippen LogP contribution in [0.25, 0.3) is 0 Å². The van der Waals surface area contributed by atoms with E-state index in [2.05, 4.69) is 31.6 Å². The molecule has 2 saturated heterocycles. The predicted molar refractivity (Wildman–Crippen MR) is 115 cm³/mol. The smallest absolute Gasteiger partial charge is 0.0925 e. The summed E-state index contributed by atoms with van der Waals surface area (Å²) < 4.78 is 0. The number of hydrogen-bond acceptors (Lipinski definition) is 4. The van der Waals surface area contributed by atoms with Crippen molar-refractivity contribution in [3.05, 3.63) is 17.7 Å². The molecule has 0 amide bonds. The molecule has 1 aliphatic carbocycles. The molecular weight excluding hydrogens is 346 g/mol. The molecule has 1 unspecified atom stereocenters. The van der Waals surface area contributed by atoms with E-state index in [0.29, 0.717) is 0 Å². The van der Waals surface area contributed by atoms with E-state index in [1.165, 1.54) is 115 Å². The van der Waals surface area contributed by atoms with Crippen molar-refractivity contribution in [2.45, 2.75) is 77.3 Å². The Labute approximate surface area is 171 Å². The SMILES string of the molecule is Cc1[nH]cnc1CN(CCN1CCCCC1)CC1CCCN(C2CCCC2)C1. The zero-order chi connectivity index (χ0) is 19.2. The number of H-pyrrole nitrogens is 1. The second-order valence-electron chi connectivity index (χ2n) is 9.55. The lowest BCUT2D eigenvalue weighted by atomic mass is 9.95. The van der Waals surface area contributed by atoms with Crippen molar-refractivity contribution >= 4 is 0 Å². The quantitative estimate of drug-likeness (QED) is 0.739. The van der Waals surface area contributed by atoms with Gasteiger partial charge >= 0.3 is 0 Å². The molecule has 5 heteroatoms. The molecular formula is C23H41N5. The standard InChI is InChI=1S/C23H41N5/c1-20-23(25-19-24-20)18-27(15-14-26-11-5-2-6-12-26)16-21-8-7-13-28(17-21)22-9-3-4-10-22/h19,21-22H,2-18H2,1H3,(H,24,25). The summed E-state index contributed by atoms with van der Waals surface area (Å²) >= 11 is 0. The Morgan fingerprint density at radius 2 is 1.86 bits per heavy atom. The fourth-order valence-electron chi connectivity index (χ4n) is 5.67. The summed E-state index contributed by atoms with van der Waals surface area (Å²) in [5.74, 6) is 0.829. The Bertz CT molecular complexity index is 573. The number of aromatic nitrogens is 2. The first-order valence-electron chi connectivity index (χ1n) is 12.0. The first-order valence-corrected chi connectivity index (χ1v) is 12.0. The highest BCUT2D eigenvalue weighted by atomic mass is 15.2. The Morgan fingerprint density at radius 3 is 2.61 bits per heavy atom. The average Bonchev–Trinajstić information content (AvgIpc) is 3.40. The summed E-state index contributed by atoms with van der Waals surface area (Å²) in [7, 11) is 0. The lowest BCUT2D eigenvalue weighted by Gasteiger charge is -2.39. The first kappa shape index (κ1) is 20.4. The highest BCUT2D eigenvalue weighted by Gasteiger charge is 2.29. The largest absolute Gasteiger partial charge is 0.348 e. The monoisotopic (exact) mass is 387 g/mol. The van der Waals surface area contributed by atoms with Crippen LogP contribution in [0.5, 0.6) is 0 Å². The number of piperidine rings is 2. The molecule has 3 fully saturated rings. The lowest BCUT2D eigenvalue weighted by molar-refractivity contribution is 0.0908. The van der Waals surface area contributed by atoms with E-state index in [-0.39, 0.29) is 0 Å². The van der Waals surface area contributed by atoms with Crippen molar-refractivity contribution < 1.29 is 0 Å². The van der Waals surface area contributed by atoms with Gasteiger partial charge in [0, 0.05) is 44.5 Å². The van der Waals surface area contributed by atoms with E-state index in [9.17, 15) is 0 Å². The van der Waals surface area contributed by atoms with Crippen LogP contribution in [0.3, 0.4) is 0 Å². The summed E-state index contributed by atoms with van der Waals surface area (Å²) in [5, 5.41) is 0. The van der Waals surface area contributed by atoms with Gasteiger partial charge < -0.3 is 14.8 Å². The second kappa shape index (κ2) is 10.2. The highest BCUT2D eigenvalue weighted by Crippen LogP contribution is 2.28. The fourth-order valence-corrected chi connectivity index (χ4v) is 5.67. The van der Waals surface area contributed by atoms with Gasteiger partial charge in [-0.05, 0) is 71.0 Å². The minimum absolute atomic E-state index is 0.829. The minimum atomic E-state index is 0.829. The normalized spacial score (nSPS) is 25.7. The van der Waals surface area contributed by atoms with Crippen LogP contribution in [0, 0.1) is 12.8 Å². The Morgan fingerprint density at radius 1 is 1.04 bits per heavy atom. The van der Waals surface area contributed by atoms with Crippen LogP contribution in [0.4, 0.5) is 0 Å². The topological polar surface area (TPSA) is 38.4 Å². The molecule has 0 aromatic carbocycles. The van der Waals surface area contributed by atoms with E-state index in [0.717, 1.165) is 18.5 Å². The lowest BCUT2D eigenvalue weighted by Crippen LogP contribution is -2.46. The van der Waals surface area contributed by atoms with Gasteiger partial charge in [0.25, 0.3) is 0 Å². The van der Waals surface area contributed by atoms with Crippen LogP contribution < -0.4 is 0 Å². The van der Waals surface area contributed by atoms with E-state index < -0.39 is 0 Å². The molecule has 1 atom stereocenters. The van der Waals surface area contributed by atoms with Crippen LogP contribution in [0.2, 0.25) is 0 Å². The van der Waals surface area contributed by atoms with Gasteiger partial charge in [-0.2, -0.15) is 0 Å². The summed E-state index contributed by atoms with van der Waals surface area (Å²) in [5.41, 5.74) is 2.47. The zero-order valence-electron chi connectivity index (χ0n) is 18.0. The van der Waals surface area contributed by atoms with Gasteiger partial charge in [0.05, 0.1) is 12.0 Å². The number of rotatable bonds is 8. The number of nitrogens with zero attached hydrogens (tertiary/aromatic N) is 4. The van der Waals surface area contributed by atoms with Crippen molar-refractivity contribution in [3.63, 3.8) is 0 Å². The van der Waals surface area contributed by atoms with Crippen molar-refractivity contribution in [2.75, 3.05) is 45.8 Å². The molecule has 3 heterocycles. The van der Waals surface area contributed by atoms with Gasteiger partial charge in [-0.1, -0.05) is 19.3 Å². The van der Waals surface area contributed by atoms with Gasteiger partial charge in [-0.25, -0.2) is 4.98 Å². The van der Waals surface area contributed by atoms with Gasteiger partial charge in [-0.15, -0.1) is 0 Å². The third kappa shape index (κ3) is 5.58. The molecule has 2 aliphatic heterocycles. The summed E-state index contributed by atoms with van der Waals surface area (Å²) in [6.45, 7) is 12.1. The number of likely N-dealkylation sites (tertiary alicyclic amines) is 2. The van der Waals surface area contributed by atoms with Crippen molar-refractivity contribution in [2.24, 2.45) is 5.92 Å². The van der Waals surface area contributed by atoms with Crippen LogP contribution in [0.1, 0.15) is 69.2 Å². The van der Waals surface area contributed by atoms with E-state index in [4.69, 9.17) is 0 Å². The third-order valence-corrected chi connectivity index (χ3v) is 7.40. The van der Waals surface area contributed by atoms with E-state index in [1.54, 1.807) is 0 Å². The zero-order valence-corrected chi connectivity index (χ0v) is 18.0. The number of hydrogen-bond donors (Lipinski definition) is 1. The molecule has 1 saturated carbocycles. The number of aryl methyl sites for hydroxylation is 1. The van der Waals surface area contributed by atoms with Crippen LogP contribution >= 0.6 is 0 Å². The Hall–Kier alpha value is -0.910. The minimum Gasteiger partial charge on any atom is -0.348 e. The molecule has 1 aromatic heterocycles. The summed E-state index contributed by atoms with van der Waals surface area (Å²) in [6.07, 6.45) is 14.6. The highest BCUT2D eigenvalue weighted by molar-refractivity contribution is 5.08. The molecule has 28 heavy (non-hydrogen) atoms. The van der Waals surface area contributed by atoms with Crippen LogP contribution in [0.15, 0.2) is 6.33 Å². The van der Waals surface area contributed by atoms with Gasteiger partial charge in [0.1, 0.15) is 0 Å². The predicted octanol–water partition coefficient (Wildman–Crippen LogP) is 3.66. The average molecular weight is 388 g/mol. The Balaban J connectivity index is 1.33. The maximum absolute atomic E-state index is 4.60. The Kier molecular flexibility index (Phi) is 7.43. The molecule has 1 aromatic rings. The first-order chi connectivity index (χ1) is 13.8. The molecule has 4 rings (SSSR count). The van der Waals surface area contributed by atoms with Crippen LogP contribution in [-0.2, 0) is 6.54 Å². The van der Waals surface area contributed by atoms with Gasteiger partial charge in [-0.3, -0.25) is 4.90 Å². The number of aromatic amines is 1. The third-order valence-electron chi connectivity index (χ3n) is 7.40. The molecule has 1 N–H and O–H groups in total. The molecule has 0 spiro atoms. The number of nitrogens with one attached hydrogen (secondary N) is 1. The molecule has 3 aliphatic rings. The summed E-state index contributed by atoms with van der Waals surface area (Å²) in [6, 6.07) is 0.887. The molecule has 5 nitrogen and oxygen atoms in total. The molecule has 0 bridgehead atoms. The number of imidazole rings is 1. The van der Waals surface area contributed by atoms with Crippen molar-refractivity contribution in [1.29, 1.82) is 0 Å². The van der Waals surface area contributed by atoms with Gasteiger partial charge in [0.2, 0.25) is 0 Å². The maximum Gasteiger partial charge on any atom is 0.0925 e. The molecule has 0 radical (unpaired) electrons. The fraction of sp³-hybridized carbons (Fsp3) is 0.870.